The molecule has 0 atom stereocenters. The summed E-state index contributed by atoms with van der Waals surface area (Å²) < 4.78 is 15.8. The van der Waals surface area contributed by atoms with Crippen molar-refractivity contribution in [3.05, 3.63) is 117 Å². The van der Waals surface area contributed by atoms with Crippen LogP contribution in [0.5, 0.6) is 0 Å². The number of benzene rings is 2. The molecule has 0 saturated heterocycles. The summed E-state index contributed by atoms with van der Waals surface area (Å²) in [5.74, 6) is -0.371. The van der Waals surface area contributed by atoms with E-state index in [4.69, 9.17) is 0 Å². The zero-order chi connectivity index (χ0) is 20.2. The molecule has 144 valence electrons. The highest BCUT2D eigenvalue weighted by Gasteiger charge is 2.13. The molecule has 0 aliphatic carbocycles. The highest BCUT2D eigenvalue weighted by Crippen LogP contribution is 2.08. The van der Waals surface area contributed by atoms with E-state index in [0.29, 0.717) is 17.6 Å². The number of aromatic nitrogens is 3. The number of fused-ring (bicyclic) bond motifs is 1. The van der Waals surface area contributed by atoms with Gasteiger partial charge < -0.3 is 0 Å². The number of halogens is 1. The molecule has 5 nitrogen and oxygen atoms in total. The first kappa shape index (κ1) is 18.6. The molecule has 4 rings (SSSR count). The second kappa shape index (κ2) is 8.06. The van der Waals surface area contributed by atoms with Gasteiger partial charge in [0.25, 0.3) is 5.56 Å². The molecule has 0 radical (unpaired) electrons. The average Bonchev–Trinajstić information content (AvgIpc) is 2.75. The molecule has 0 saturated carbocycles. The van der Waals surface area contributed by atoms with Crippen LogP contribution in [0.15, 0.2) is 88.6 Å². The topological polar surface area (TPSA) is 56.9 Å². The Labute approximate surface area is 166 Å². The molecule has 2 heterocycles. The molecule has 0 N–H and O–H groups in total. The van der Waals surface area contributed by atoms with E-state index in [0.717, 1.165) is 10.1 Å². The summed E-state index contributed by atoms with van der Waals surface area (Å²) in [7, 11) is 0. The standard InChI is InChI=1S/C23H18FN3O2/c24-19-12-10-18(11-13-19)16-27-22(28)21-20(9-4-14-25-21)26(23(27)29)15-5-8-17-6-2-1-3-7-17/h1-14H,15-16H2/b8-5+. The van der Waals surface area contributed by atoms with Gasteiger partial charge in [-0.3, -0.25) is 13.9 Å². The summed E-state index contributed by atoms with van der Waals surface area (Å²) in [4.78, 5) is 30.2. The van der Waals surface area contributed by atoms with Gasteiger partial charge in [-0.05, 0) is 35.4 Å². The molecule has 0 unspecified atom stereocenters. The smallest absolute Gasteiger partial charge is 0.288 e. The van der Waals surface area contributed by atoms with E-state index < -0.39 is 11.2 Å². The minimum absolute atomic E-state index is 0.0485. The fraction of sp³-hybridized carbons (Fsp3) is 0.0870. The maximum Gasteiger partial charge on any atom is 0.332 e. The third-order valence-electron chi connectivity index (χ3n) is 4.64. The van der Waals surface area contributed by atoms with Crippen LogP contribution in [0.2, 0.25) is 0 Å². The maximum absolute atomic E-state index is 13.2. The highest BCUT2D eigenvalue weighted by atomic mass is 19.1. The van der Waals surface area contributed by atoms with Gasteiger partial charge in [0.2, 0.25) is 0 Å². The summed E-state index contributed by atoms with van der Waals surface area (Å²) in [6.07, 6.45) is 5.32. The van der Waals surface area contributed by atoms with Crippen molar-refractivity contribution in [1.82, 2.24) is 14.1 Å². The van der Waals surface area contributed by atoms with Crippen molar-refractivity contribution in [1.29, 1.82) is 0 Å². The van der Waals surface area contributed by atoms with Crippen molar-refractivity contribution >= 4 is 17.1 Å². The summed E-state index contributed by atoms with van der Waals surface area (Å²) in [6, 6.07) is 18.9. The molecule has 4 aromatic rings. The van der Waals surface area contributed by atoms with E-state index in [9.17, 15) is 14.0 Å². The van der Waals surface area contributed by atoms with E-state index in [1.807, 2.05) is 42.5 Å². The van der Waals surface area contributed by atoms with E-state index in [1.54, 1.807) is 24.3 Å². The van der Waals surface area contributed by atoms with Gasteiger partial charge >= 0.3 is 5.69 Å². The average molecular weight is 387 g/mol. The molecule has 0 aliphatic rings. The Kier molecular flexibility index (Phi) is 5.16. The Hall–Kier alpha value is -3.80. The number of hydrogen-bond acceptors (Lipinski definition) is 3. The molecule has 2 aromatic carbocycles. The van der Waals surface area contributed by atoms with Crippen molar-refractivity contribution < 1.29 is 4.39 Å². The lowest BCUT2D eigenvalue weighted by Gasteiger charge is -2.12. The number of allylic oxidation sites excluding steroid dienone is 1. The monoisotopic (exact) mass is 387 g/mol. The van der Waals surface area contributed by atoms with E-state index in [1.165, 1.54) is 22.9 Å². The van der Waals surface area contributed by atoms with Gasteiger partial charge in [0.1, 0.15) is 5.82 Å². The van der Waals surface area contributed by atoms with Gasteiger partial charge in [-0.1, -0.05) is 54.6 Å². The van der Waals surface area contributed by atoms with E-state index in [-0.39, 0.29) is 17.9 Å². The van der Waals surface area contributed by atoms with Crippen molar-refractivity contribution in [2.24, 2.45) is 0 Å². The third kappa shape index (κ3) is 3.91. The summed E-state index contributed by atoms with van der Waals surface area (Å²) >= 11 is 0. The van der Waals surface area contributed by atoms with Crippen LogP contribution in [-0.2, 0) is 13.1 Å². The minimum atomic E-state index is -0.460. The van der Waals surface area contributed by atoms with Crippen LogP contribution in [0.25, 0.3) is 17.1 Å². The molecule has 29 heavy (non-hydrogen) atoms. The fourth-order valence-corrected chi connectivity index (χ4v) is 3.19. The molecule has 0 aliphatic heterocycles. The Morgan fingerprint density at radius 2 is 1.66 bits per heavy atom. The minimum Gasteiger partial charge on any atom is -0.288 e. The molecule has 6 heteroatoms. The summed E-state index contributed by atoms with van der Waals surface area (Å²) in [6.45, 7) is 0.340. The van der Waals surface area contributed by atoms with Gasteiger partial charge in [-0.2, -0.15) is 0 Å². The Morgan fingerprint density at radius 3 is 2.41 bits per heavy atom. The Bertz CT molecular complexity index is 1290. The lowest BCUT2D eigenvalue weighted by Crippen LogP contribution is -2.40. The van der Waals surface area contributed by atoms with Crippen molar-refractivity contribution in [3.8, 4) is 0 Å². The number of pyridine rings is 1. The zero-order valence-electron chi connectivity index (χ0n) is 15.5. The Balaban J connectivity index is 1.78. The van der Waals surface area contributed by atoms with Crippen LogP contribution < -0.4 is 11.2 Å². The maximum atomic E-state index is 13.2. The molecule has 0 spiro atoms. The van der Waals surface area contributed by atoms with Gasteiger partial charge in [0.15, 0.2) is 5.52 Å². The molecule has 0 fully saturated rings. The number of rotatable bonds is 5. The van der Waals surface area contributed by atoms with Crippen LogP contribution in [0.4, 0.5) is 4.39 Å². The first-order valence-corrected chi connectivity index (χ1v) is 9.18. The van der Waals surface area contributed by atoms with Gasteiger partial charge in [-0.15, -0.1) is 0 Å². The van der Waals surface area contributed by atoms with Gasteiger partial charge in [-0.25, -0.2) is 14.2 Å². The van der Waals surface area contributed by atoms with Crippen molar-refractivity contribution in [2.75, 3.05) is 0 Å². The lowest BCUT2D eigenvalue weighted by atomic mass is 10.2. The molecule has 2 aromatic heterocycles. The van der Waals surface area contributed by atoms with Crippen LogP contribution in [0.3, 0.4) is 0 Å². The molecule has 0 amide bonds. The quantitative estimate of drug-likeness (QED) is 0.527. The normalized spacial score (nSPS) is 11.3. The first-order valence-electron chi connectivity index (χ1n) is 9.18. The predicted molar refractivity (Wildman–Crippen MR) is 111 cm³/mol. The number of hydrogen-bond donors (Lipinski definition) is 0. The molecular weight excluding hydrogens is 369 g/mol. The van der Waals surface area contributed by atoms with Gasteiger partial charge in [0, 0.05) is 12.7 Å². The largest absolute Gasteiger partial charge is 0.332 e. The fourth-order valence-electron chi connectivity index (χ4n) is 3.19. The highest BCUT2D eigenvalue weighted by molar-refractivity contribution is 5.73. The van der Waals surface area contributed by atoms with Crippen molar-refractivity contribution in [2.45, 2.75) is 13.1 Å². The molecule has 0 bridgehead atoms. The Morgan fingerprint density at radius 1 is 0.897 bits per heavy atom. The molecular formula is C23H18FN3O2. The van der Waals surface area contributed by atoms with Crippen LogP contribution >= 0.6 is 0 Å². The van der Waals surface area contributed by atoms with Gasteiger partial charge in [0.05, 0.1) is 12.1 Å². The van der Waals surface area contributed by atoms with Crippen LogP contribution in [-0.4, -0.2) is 14.1 Å². The van der Waals surface area contributed by atoms with Crippen molar-refractivity contribution in [3.63, 3.8) is 0 Å². The predicted octanol–water partition coefficient (Wildman–Crippen LogP) is 3.46. The van der Waals surface area contributed by atoms with E-state index in [2.05, 4.69) is 4.98 Å². The SMILES string of the molecule is O=c1c2ncccc2n(C/C=C/c2ccccc2)c(=O)n1Cc1ccc(F)cc1. The third-order valence-corrected chi connectivity index (χ3v) is 4.64. The lowest BCUT2D eigenvalue weighted by molar-refractivity contribution is 0.620. The number of nitrogens with zero attached hydrogens (tertiary/aromatic N) is 3. The van der Waals surface area contributed by atoms with Crippen LogP contribution in [0.1, 0.15) is 11.1 Å². The first-order chi connectivity index (χ1) is 14.1. The van der Waals surface area contributed by atoms with Crippen LogP contribution in [0, 0.1) is 5.82 Å². The summed E-state index contributed by atoms with van der Waals surface area (Å²) in [5.41, 5.74) is 1.49. The second-order valence-electron chi connectivity index (χ2n) is 6.60. The van der Waals surface area contributed by atoms with E-state index >= 15 is 0 Å². The second-order valence-corrected chi connectivity index (χ2v) is 6.60. The summed E-state index contributed by atoms with van der Waals surface area (Å²) in [5, 5.41) is 0. The zero-order valence-corrected chi connectivity index (χ0v) is 15.5.